The highest BCUT2D eigenvalue weighted by Gasteiger charge is 2.42. The maximum atomic E-state index is 12.6. The van der Waals surface area contributed by atoms with E-state index < -0.39 is 0 Å². The maximum absolute atomic E-state index is 12.6. The number of ether oxygens (including phenoxy) is 1. The normalized spacial score (nSPS) is 26.3. The molecule has 0 aromatic carbocycles. The molecule has 0 aromatic heterocycles. The van der Waals surface area contributed by atoms with Gasteiger partial charge < -0.3 is 9.64 Å². The second-order valence-electron chi connectivity index (χ2n) is 6.04. The molecular formula is C16H23NO3S2. The van der Waals surface area contributed by atoms with E-state index in [0.29, 0.717) is 17.4 Å². The first-order valence-electron chi connectivity index (χ1n) is 8.23. The molecule has 1 atom stereocenters. The van der Waals surface area contributed by atoms with Crippen LogP contribution in [0.4, 0.5) is 0 Å². The van der Waals surface area contributed by atoms with Crippen molar-refractivity contribution >= 4 is 35.4 Å². The van der Waals surface area contributed by atoms with Crippen molar-refractivity contribution in [2.24, 2.45) is 5.92 Å². The Balaban J connectivity index is 1.73. The molecule has 22 heavy (non-hydrogen) atoms. The summed E-state index contributed by atoms with van der Waals surface area (Å²) in [7, 11) is 0. The summed E-state index contributed by atoms with van der Waals surface area (Å²) in [5.41, 5.74) is 0. The number of carbonyl (C=O) groups is 2. The van der Waals surface area contributed by atoms with Crippen molar-refractivity contribution in [1.29, 1.82) is 0 Å². The monoisotopic (exact) mass is 341 g/mol. The number of carbonyl (C=O) groups excluding carboxylic acids is 2. The average Bonchev–Trinajstić information content (AvgIpc) is 2.85. The molecule has 1 unspecified atom stereocenters. The summed E-state index contributed by atoms with van der Waals surface area (Å²) in [6.07, 6.45) is 7.40. The number of hydrogen-bond acceptors (Lipinski definition) is 5. The Morgan fingerprint density at radius 2 is 2.09 bits per heavy atom. The highest BCUT2D eigenvalue weighted by Crippen LogP contribution is 2.46. The van der Waals surface area contributed by atoms with Crippen LogP contribution in [0.15, 0.2) is 9.93 Å². The Hall–Kier alpha value is -0.620. The molecule has 1 saturated carbocycles. The van der Waals surface area contributed by atoms with Gasteiger partial charge in [0.2, 0.25) is 5.91 Å². The number of hydrogen-bond donors (Lipinski definition) is 0. The van der Waals surface area contributed by atoms with Gasteiger partial charge >= 0.3 is 5.97 Å². The lowest BCUT2D eigenvalue weighted by atomic mass is 9.86. The topological polar surface area (TPSA) is 46.6 Å². The van der Waals surface area contributed by atoms with Gasteiger partial charge in [-0.25, -0.2) is 4.79 Å². The fraction of sp³-hybridized carbons (Fsp3) is 0.750. The highest BCUT2D eigenvalue weighted by molar-refractivity contribution is 8.08. The minimum atomic E-state index is -0.272. The van der Waals surface area contributed by atoms with Crippen LogP contribution in [0.25, 0.3) is 0 Å². The van der Waals surface area contributed by atoms with Gasteiger partial charge in [0.1, 0.15) is 4.91 Å². The summed E-state index contributed by atoms with van der Waals surface area (Å²) < 4.78 is 5.14. The zero-order valence-corrected chi connectivity index (χ0v) is 14.6. The van der Waals surface area contributed by atoms with Crippen molar-refractivity contribution in [3.63, 3.8) is 0 Å². The van der Waals surface area contributed by atoms with Crippen LogP contribution in [0.1, 0.15) is 45.4 Å². The van der Waals surface area contributed by atoms with E-state index in [-0.39, 0.29) is 17.1 Å². The smallest absolute Gasteiger partial charge is 0.347 e. The minimum absolute atomic E-state index is 0.00114. The fourth-order valence-electron chi connectivity index (χ4n) is 3.43. The number of thioether (sulfide) groups is 2. The van der Waals surface area contributed by atoms with Crippen LogP contribution in [0, 0.1) is 5.92 Å². The van der Waals surface area contributed by atoms with Gasteiger partial charge in [-0.05, 0) is 19.3 Å². The third-order valence-electron chi connectivity index (χ3n) is 4.53. The van der Waals surface area contributed by atoms with Crippen LogP contribution < -0.4 is 0 Å². The molecule has 4 nitrogen and oxygen atoms in total. The molecule has 0 aromatic rings. The summed E-state index contributed by atoms with van der Waals surface area (Å²) in [5, 5.41) is 0.849. The van der Waals surface area contributed by atoms with Gasteiger partial charge in [-0.15, -0.1) is 11.8 Å². The first kappa shape index (κ1) is 16.2. The molecule has 0 radical (unpaired) electrons. The molecule has 2 heterocycles. The molecule has 0 bridgehead atoms. The lowest BCUT2D eigenvalue weighted by Crippen LogP contribution is -2.34. The van der Waals surface area contributed by atoms with Crippen LogP contribution >= 0.6 is 23.5 Å². The lowest BCUT2D eigenvalue weighted by Gasteiger charge is -2.24. The lowest BCUT2D eigenvalue weighted by molar-refractivity contribution is -0.137. The third-order valence-corrected chi connectivity index (χ3v) is 7.02. The Kier molecular flexibility index (Phi) is 5.39. The molecule has 3 aliphatic rings. The van der Waals surface area contributed by atoms with E-state index in [4.69, 9.17) is 4.74 Å². The molecule has 3 rings (SSSR count). The molecule has 122 valence electrons. The number of amides is 1. The predicted molar refractivity (Wildman–Crippen MR) is 90.4 cm³/mol. The van der Waals surface area contributed by atoms with Gasteiger partial charge in [-0.3, -0.25) is 4.79 Å². The molecule has 1 amide bonds. The SMILES string of the molecule is CCOC(=O)C1=C2SC(CC3CCCCC3)C(=O)N2CCS1. The Bertz CT molecular complexity index is 486. The van der Waals surface area contributed by atoms with Gasteiger partial charge in [-0.1, -0.05) is 43.9 Å². The Labute approximate surface area is 140 Å². The van der Waals surface area contributed by atoms with Crippen molar-refractivity contribution in [2.45, 2.75) is 50.7 Å². The third kappa shape index (κ3) is 3.32. The van der Waals surface area contributed by atoms with Crippen LogP contribution in [0.3, 0.4) is 0 Å². The van der Waals surface area contributed by atoms with Crippen LogP contribution in [-0.2, 0) is 14.3 Å². The van der Waals surface area contributed by atoms with Crippen molar-refractivity contribution in [3.05, 3.63) is 9.93 Å². The summed E-state index contributed by atoms with van der Waals surface area (Å²) >= 11 is 3.12. The number of fused-ring (bicyclic) bond motifs is 1. The zero-order valence-electron chi connectivity index (χ0n) is 13.0. The van der Waals surface area contributed by atoms with E-state index in [1.165, 1.54) is 43.9 Å². The van der Waals surface area contributed by atoms with Crippen molar-refractivity contribution in [3.8, 4) is 0 Å². The van der Waals surface area contributed by atoms with E-state index in [1.807, 2.05) is 11.8 Å². The van der Waals surface area contributed by atoms with Crippen molar-refractivity contribution < 1.29 is 14.3 Å². The first-order valence-corrected chi connectivity index (χ1v) is 10.1. The van der Waals surface area contributed by atoms with Crippen molar-refractivity contribution in [2.75, 3.05) is 18.9 Å². The Morgan fingerprint density at radius 1 is 1.32 bits per heavy atom. The standard InChI is InChI=1S/C16H23NO3S2/c1-2-20-16(19)13-15-17(8-9-21-13)14(18)12(22-15)10-11-6-4-3-5-7-11/h11-12H,2-10H2,1H3. The zero-order chi connectivity index (χ0) is 15.5. The second kappa shape index (κ2) is 7.30. The summed E-state index contributed by atoms with van der Waals surface area (Å²) in [5.74, 6) is 1.38. The molecule has 0 spiro atoms. The highest BCUT2D eigenvalue weighted by atomic mass is 32.2. The molecule has 2 fully saturated rings. The van der Waals surface area contributed by atoms with Gasteiger partial charge in [0, 0.05) is 12.3 Å². The summed E-state index contributed by atoms with van der Waals surface area (Å²) in [4.78, 5) is 27.2. The molecule has 0 N–H and O–H groups in total. The second-order valence-corrected chi connectivity index (χ2v) is 8.34. The van der Waals surface area contributed by atoms with Gasteiger partial charge in [0.25, 0.3) is 0 Å². The molecular weight excluding hydrogens is 318 g/mol. The quantitative estimate of drug-likeness (QED) is 0.734. The molecule has 1 aliphatic carbocycles. The predicted octanol–water partition coefficient (Wildman–Crippen LogP) is 3.38. The Morgan fingerprint density at radius 3 is 2.82 bits per heavy atom. The van der Waals surface area contributed by atoms with Gasteiger partial charge in [0.15, 0.2) is 0 Å². The minimum Gasteiger partial charge on any atom is -0.462 e. The van der Waals surface area contributed by atoms with Gasteiger partial charge in [0.05, 0.1) is 16.9 Å². The molecule has 1 saturated heterocycles. The van der Waals surface area contributed by atoms with E-state index in [0.717, 1.165) is 23.7 Å². The maximum Gasteiger partial charge on any atom is 0.347 e. The van der Waals surface area contributed by atoms with Gasteiger partial charge in [-0.2, -0.15) is 0 Å². The molecule has 6 heteroatoms. The van der Waals surface area contributed by atoms with Crippen LogP contribution in [-0.4, -0.2) is 40.9 Å². The van der Waals surface area contributed by atoms with E-state index >= 15 is 0 Å². The number of nitrogens with zero attached hydrogens (tertiary/aromatic N) is 1. The van der Waals surface area contributed by atoms with Crippen molar-refractivity contribution in [1.82, 2.24) is 4.90 Å². The molecule has 2 aliphatic heterocycles. The average molecular weight is 341 g/mol. The van der Waals surface area contributed by atoms with E-state index in [9.17, 15) is 9.59 Å². The van der Waals surface area contributed by atoms with E-state index in [2.05, 4.69) is 0 Å². The summed E-state index contributed by atoms with van der Waals surface area (Å²) in [6, 6.07) is 0. The number of esters is 1. The fourth-order valence-corrected chi connectivity index (χ4v) is 6.00. The largest absolute Gasteiger partial charge is 0.462 e. The summed E-state index contributed by atoms with van der Waals surface area (Å²) in [6.45, 7) is 2.91. The first-order chi connectivity index (χ1) is 10.7. The number of rotatable bonds is 4. The van der Waals surface area contributed by atoms with Crippen LogP contribution in [0.5, 0.6) is 0 Å². The van der Waals surface area contributed by atoms with Crippen LogP contribution in [0.2, 0.25) is 0 Å². The van der Waals surface area contributed by atoms with E-state index in [1.54, 1.807) is 11.8 Å².